The molecule has 1 aromatic carbocycles. The summed E-state index contributed by atoms with van der Waals surface area (Å²) in [6, 6.07) is 5.01. The van der Waals surface area contributed by atoms with Crippen molar-refractivity contribution in [2.45, 2.75) is 32.2 Å². The van der Waals surface area contributed by atoms with Gasteiger partial charge in [0.25, 0.3) is 5.56 Å². The van der Waals surface area contributed by atoms with Crippen LogP contribution in [-0.2, 0) is 0 Å². The first-order valence-electron chi connectivity index (χ1n) is 7.89. The molecule has 130 valence electrons. The Kier molecular flexibility index (Phi) is 5.24. The van der Waals surface area contributed by atoms with Gasteiger partial charge < -0.3 is 9.88 Å². The van der Waals surface area contributed by atoms with Crippen LogP contribution >= 0.6 is 34.8 Å². The minimum absolute atomic E-state index is 0.0557. The summed E-state index contributed by atoms with van der Waals surface area (Å²) in [6.07, 6.45) is 4.63. The highest BCUT2D eigenvalue weighted by molar-refractivity contribution is 6.39. The van der Waals surface area contributed by atoms with Crippen LogP contribution in [0.15, 0.2) is 23.1 Å². The van der Waals surface area contributed by atoms with E-state index in [2.05, 4.69) is 10.3 Å². The van der Waals surface area contributed by atoms with E-state index in [4.69, 9.17) is 40.1 Å². The Morgan fingerprint density at radius 3 is 2.52 bits per heavy atom. The lowest BCUT2D eigenvalue weighted by molar-refractivity contribution is 0.419. The van der Waals surface area contributed by atoms with Gasteiger partial charge in [0, 0.05) is 12.2 Å². The normalized spacial score (nSPS) is 14.8. The third kappa shape index (κ3) is 3.77. The van der Waals surface area contributed by atoms with Crippen molar-refractivity contribution in [2.24, 2.45) is 5.92 Å². The van der Waals surface area contributed by atoms with Gasteiger partial charge in [-0.05, 0) is 37.3 Å². The molecule has 0 bridgehead atoms. The predicted octanol–water partition coefficient (Wildman–Crippen LogP) is 5.18. The summed E-state index contributed by atoms with van der Waals surface area (Å²) in [5.74, 6) is 0.552. The van der Waals surface area contributed by atoms with E-state index in [-0.39, 0.29) is 32.6 Å². The fourth-order valence-corrected chi connectivity index (χ4v) is 3.69. The molecule has 1 atom stereocenters. The number of nitriles is 1. The maximum Gasteiger partial charge on any atom is 0.294 e. The molecule has 2 aromatic rings. The number of hydrogen-bond donors (Lipinski definition) is 1. The predicted molar refractivity (Wildman–Crippen MR) is 100 cm³/mol. The number of hydrogen-bond acceptors (Lipinski definition) is 4. The Hall–Kier alpha value is -1.74. The van der Waals surface area contributed by atoms with Gasteiger partial charge in [-0.3, -0.25) is 4.79 Å². The lowest BCUT2D eigenvalue weighted by Crippen LogP contribution is -2.28. The van der Waals surface area contributed by atoms with Gasteiger partial charge in [-0.2, -0.15) is 5.26 Å². The summed E-state index contributed by atoms with van der Waals surface area (Å²) in [5.41, 5.74) is 0.372. The second-order valence-electron chi connectivity index (χ2n) is 5.99. The van der Waals surface area contributed by atoms with Crippen molar-refractivity contribution in [3.05, 3.63) is 49.4 Å². The number of benzene rings is 1. The second kappa shape index (κ2) is 7.25. The Morgan fingerprint density at radius 2 is 2.00 bits per heavy atom. The molecule has 8 heteroatoms. The Balaban J connectivity index is 2.03. The number of nitrogens with zero attached hydrogens (tertiary/aromatic N) is 3. The molecule has 3 rings (SSSR count). The molecule has 1 fully saturated rings. The molecular weight excluding hydrogens is 383 g/mol. The standard InChI is InChI=1S/C17H15Cl3N4O/c1-2-13(10-3-4-10)24-8-14(20)22-16(17(24)25)23-15-11(18)5-9(7-21)6-12(15)19/h5-6,8,10,13H,2-4H2,1H3,(H,22,23)/t13-/m1/s1. The molecule has 0 aliphatic heterocycles. The van der Waals surface area contributed by atoms with E-state index in [9.17, 15) is 4.79 Å². The average molecular weight is 398 g/mol. The highest BCUT2D eigenvalue weighted by Crippen LogP contribution is 2.41. The summed E-state index contributed by atoms with van der Waals surface area (Å²) in [5, 5.41) is 12.5. The first kappa shape index (κ1) is 18.1. The van der Waals surface area contributed by atoms with Crippen molar-refractivity contribution in [3.63, 3.8) is 0 Å². The number of nitrogens with one attached hydrogen (secondary N) is 1. The lowest BCUT2D eigenvalue weighted by Gasteiger charge is -2.19. The molecule has 0 radical (unpaired) electrons. The number of halogens is 3. The zero-order chi connectivity index (χ0) is 18.1. The van der Waals surface area contributed by atoms with Crippen LogP contribution in [0.1, 0.15) is 37.8 Å². The molecule has 1 saturated carbocycles. The topological polar surface area (TPSA) is 70.7 Å². The Morgan fingerprint density at radius 1 is 1.36 bits per heavy atom. The van der Waals surface area contributed by atoms with Crippen molar-refractivity contribution in [3.8, 4) is 6.07 Å². The molecule has 1 aliphatic carbocycles. The van der Waals surface area contributed by atoms with Crippen molar-refractivity contribution < 1.29 is 0 Å². The molecule has 5 nitrogen and oxygen atoms in total. The van der Waals surface area contributed by atoms with Crippen molar-refractivity contribution in [1.29, 1.82) is 5.26 Å². The van der Waals surface area contributed by atoms with E-state index in [0.717, 1.165) is 19.3 Å². The molecule has 1 aliphatic rings. The SMILES string of the molecule is CC[C@H](C1CC1)n1cc(Cl)nc(Nc2c(Cl)cc(C#N)cc2Cl)c1=O. The van der Waals surface area contributed by atoms with Crippen LogP contribution in [0.2, 0.25) is 15.2 Å². The van der Waals surface area contributed by atoms with Crippen LogP contribution in [0.4, 0.5) is 11.5 Å². The molecule has 1 aromatic heterocycles. The van der Waals surface area contributed by atoms with E-state index in [1.165, 1.54) is 12.1 Å². The van der Waals surface area contributed by atoms with Crippen LogP contribution in [0.3, 0.4) is 0 Å². The Labute approximate surface area is 160 Å². The fourth-order valence-electron chi connectivity index (χ4n) is 2.92. The van der Waals surface area contributed by atoms with Crippen LogP contribution < -0.4 is 10.9 Å². The smallest absolute Gasteiger partial charge is 0.294 e. The molecule has 0 saturated heterocycles. The summed E-state index contributed by atoms with van der Waals surface area (Å²) >= 11 is 18.5. The third-order valence-corrected chi connectivity index (χ3v) is 5.04. The van der Waals surface area contributed by atoms with E-state index < -0.39 is 0 Å². The molecule has 1 heterocycles. The van der Waals surface area contributed by atoms with E-state index in [1.54, 1.807) is 10.8 Å². The highest BCUT2D eigenvalue weighted by atomic mass is 35.5. The molecule has 0 unspecified atom stereocenters. The average Bonchev–Trinajstić information content (AvgIpc) is 3.40. The monoisotopic (exact) mass is 396 g/mol. The first-order valence-corrected chi connectivity index (χ1v) is 9.02. The van der Waals surface area contributed by atoms with E-state index >= 15 is 0 Å². The van der Waals surface area contributed by atoms with Crippen LogP contribution in [0.5, 0.6) is 0 Å². The number of anilines is 2. The van der Waals surface area contributed by atoms with Crippen molar-refractivity contribution in [1.82, 2.24) is 9.55 Å². The molecule has 0 spiro atoms. The van der Waals surface area contributed by atoms with Gasteiger partial charge in [-0.1, -0.05) is 41.7 Å². The maximum atomic E-state index is 12.8. The zero-order valence-electron chi connectivity index (χ0n) is 13.4. The van der Waals surface area contributed by atoms with Gasteiger partial charge in [0.1, 0.15) is 5.15 Å². The van der Waals surface area contributed by atoms with Crippen molar-refractivity contribution in [2.75, 3.05) is 5.32 Å². The number of aromatic nitrogens is 2. The minimum Gasteiger partial charge on any atom is -0.333 e. The van der Waals surface area contributed by atoms with Gasteiger partial charge in [0.05, 0.1) is 27.4 Å². The van der Waals surface area contributed by atoms with Crippen LogP contribution in [0.25, 0.3) is 0 Å². The van der Waals surface area contributed by atoms with Gasteiger partial charge >= 0.3 is 0 Å². The second-order valence-corrected chi connectivity index (χ2v) is 7.19. The largest absolute Gasteiger partial charge is 0.333 e. The lowest BCUT2D eigenvalue weighted by atomic mass is 10.1. The van der Waals surface area contributed by atoms with E-state index in [0.29, 0.717) is 17.2 Å². The zero-order valence-corrected chi connectivity index (χ0v) is 15.7. The molecule has 0 amide bonds. The molecule has 25 heavy (non-hydrogen) atoms. The van der Waals surface area contributed by atoms with Crippen molar-refractivity contribution >= 4 is 46.3 Å². The highest BCUT2D eigenvalue weighted by Gasteiger charge is 2.32. The number of rotatable bonds is 5. The van der Waals surface area contributed by atoms with E-state index in [1.807, 2.05) is 13.0 Å². The van der Waals surface area contributed by atoms with Gasteiger partial charge in [0.15, 0.2) is 5.82 Å². The van der Waals surface area contributed by atoms with Gasteiger partial charge in [-0.25, -0.2) is 4.98 Å². The minimum atomic E-state index is -0.278. The summed E-state index contributed by atoms with van der Waals surface area (Å²) in [4.78, 5) is 16.9. The molecule has 1 N–H and O–H groups in total. The first-order chi connectivity index (χ1) is 11.9. The molecular formula is C17H15Cl3N4O. The quantitative estimate of drug-likeness (QED) is 0.754. The third-order valence-electron chi connectivity index (χ3n) is 4.26. The summed E-state index contributed by atoms with van der Waals surface area (Å²) in [6.45, 7) is 2.05. The fraction of sp³-hybridized carbons (Fsp3) is 0.353. The maximum absolute atomic E-state index is 12.8. The van der Waals surface area contributed by atoms with Crippen LogP contribution in [0, 0.1) is 17.2 Å². The van der Waals surface area contributed by atoms with Crippen LogP contribution in [-0.4, -0.2) is 9.55 Å². The summed E-state index contributed by atoms with van der Waals surface area (Å²) < 4.78 is 1.64. The Bertz CT molecular complexity index is 892. The van der Waals surface area contributed by atoms with Gasteiger partial charge in [0.2, 0.25) is 0 Å². The van der Waals surface area contributed by atoms with Gasteiger partial charge in [-0.15, -0.1) is 0 Å². The summed E-state index contributed by atoms with van der Waals surface area (Å²) in [7, 11) is 0.